The molecule has 1 aromatic carbocycles. The standard InChI is InChI=1S/C13H19NO2/c1-4-5-8-14(3)13(16)11-7-6-10(2)9-12(11)15/h6-7,9,15H,4-5,8H2,1-3H3. The topological polar surface area (TPSA) is 40.5 Å². The molecule has 0 saturated carbocycles. The molecule has 0 unspecified atom stereocenters. The van der Waals surface area contributed by atoms with Gasteiger partial charge in [-0.25, -0.2) is 0 Å². The van der Waals surface area contributed by atoms with Gasteiger partial charge in [-0.15, -0.1) is 0 Å². The number of hydrogen-bond donors (Lipinski definition) is 1. The van der Waals surface area contributed by atoms with E-state index in [2.05, 4.69) is 6.92 Å². The van der Waals surface area contributed by atoms with Crippen molar-refractivity contribution in [3.8, 4) is 5.75 Å². The average Bonchev–Trinajstić information content (AvgIpc) is 2.25. The van der Waals surface area contributed by atoms with Crippen molar-refractivity contribution in [3.05, 3.63) is 29.3 Å². The number of unbranched alkanes of at least 4 members (excludes halogenated alkanes) is 1. The van der Waals surface area contributed by atoms with Crippen LogP contribution in [0.5, 0.6) is 5.75 Å². The van der Waals surface area contributed by atoms with Crippen molar-refractivity contribution < 1.29 is 9.90 Å². The largest absolute Gasteiger partial charge is 0.507 e. The lowest BCUT2D eigenvalue weighted by Crippen LogP contribution is -2.27. The van der Waals surface area contributed by atoms with Gasteiger partial charge in [0.1, 0.15) is 5.75 Å². The second kappa shape index (κ2) is 5.54. The molecule has 0 radical (unpaired) electrons. The molecule has 3 heteroatoms. The molecule has 0 aliphatic rings. The highest BCUT2D eigenvalue weighted by Gasteiger charge is 2.14. The number of benzene rings is 1. The van der Waals surface area contributed by atoms with Crippen molar-refractivity contribution >= 4 is 5.91 Å². The van der Waals surface area contributed by atoms with Crippen LogP contribution in [-0.4, -0.2) is 29.5 Å². The van der Waals surface area contributed by atoms with Gasteiger partial charge in [0.15, 0.2) is 0 Å². The van der Waals surface area contributed by atoms with Crippen molar-refractivity contribution in [1.82, 2.24) is 4.90 Å². The molecule has 0 aliphatic carbocycles. The monoisotopic (exact) mass is 221 g/mol. The molecule has 0 heterocycles. The maximum Gasteiger partial charge on any atom is 0.257 e. The normalized spacial score (nSPS) is 10.2. The summed E-state index contributed by atoms with van der Waals surface area (Å²) in [5.74, 6) is -0.0562. The fraction of sp³-hybridized carbons (Fsp3) is 0.462. The van der Waals surface area contributed by atoms with E-state index in [1.807, 2.05) is 13.0 Å². The molecule has 0 fully saturated rings. The molecular formula is C13H19NO2. The molecule has 0 spiro atoms. The minimum Gasteiger partial charge on any atom is -0.507 e. The third-order valence-electron chi connectivity index (χ3n) is 2.58. The molecule has 1 aromatic rings. The van der Waals surface area contributed by atoms with Crippen LogP contribution in [0.25, 0.3) is 0 Å². The van der Waals surface area contributed by atoms with Crippen LogP contribution in [-0.2, 0) is 0 Å². The van der Waals surface area contributed by atoms with Crippen LogP contribution < -0.4 is 0 Å². The number of nitrogens with zero attached hydrogens (tertiary/aromatic N) is 1. The second-order valence-electron chi connectivity index (χ2n) is 4.10. The Morgan fingerprint density at radius 3 is 2.69 bits per heavy atom. The van der Waals surface area contributed by atoms with Crippen LogP contribution in [0.3, 0.4) is 0 Å². The molecule has 16 heavy (non-hydrogen) atoms. The van der Waals surface area contributed by atoms with Crippen molar-refractivity contribution in [2.24, 2.45) is 0 Å². The van der Waals surface area contributed by atoms with Crippen molar-refractivity contribution in [2.45, 2.75) is 26.7 Å². The third kappa shape index (κ3) is 2.99. The van der Waals surface area contributed by atoms with Crippen LogP contribution in [0.4, 0.5) is 0 Å². The number of hydrogen-bond acceptors (Lipinski definition) is 2. The van der Waals surface area contributed by atoms with Crippen LogP contribution in [0.1, 0.15) is 35.7 Å². The van der Waals surface area contributed by atoms with Gasteiger partial charge in [0.2, 0.25) is 0 Å². The van der Waals surface area contributed by atoms with E-state index in [0.717, 1.165) is 24.9 Å². The quantitative estimate of drug-likeness (QED) is 0.849. The minimum atomic E-state index is -0.119. The first-order valence-electron chi connectivity index (χ1n) is 5.61. The molecule has 1 amide bonds. The molecule has 3 nitrogen and oxygen atoms in total. The van der Waals surface area contributed by atoms with E-state index in [1.165, 1.54) is 0 Å². The van der Waals surface area contributed by atoms with E-state index in [-0.39, 0.29) is 11.7 Å². The van der Waals surface area contributed by atoms with Gasteiger partial charge < -0.3 is 10.0 Å². The van der Waals surface area contributed by atoms with Gasteiger partial charge in [0.25, 0.3) is 5.91 Å². The fourth-order valence-electron chi connectivity index (χ4n) is 1.52. The summed E-state index contributed by atoms with van der Waals surface area (Å²) < 4.78 is 0. The van der Waals surface area contributed by atoms with Gasteiger partial charge in [0.05, 0.1) is 5.56 Å². The number of carbonyl (C=O) groups is 1. The molecule has 1 N–H and O–H groups in total. The summed E-state index contributed by atoms with van der Waals surface area (Å²) >= 11 is 0. The Bertz CT molecular complexity index is 374. The predicted molar refractivity (Wildman–Crippen MR) is 64.7 cm³/mol. The molecule has 0 aromatic heterocycles. The summed E-state index contributed by atoms with van der Waals surface area (Å²) in [6.45, 7) is 4.69. The van der Waals surface area contributed by atoms with Crippen LogP contribution in [0.2, 0.25) is 0 Å². The highest BCUT2D eigenvalue weighted by molar-refractivity contribution is 5.96. The lowest BCUT2D eigenvalue weighted by Gasteiger charge is -2.17. The van der Waals surface area contributed by atoms with E-state index in [9.17, 15) is 9.90 Å². The maximum absolute atomic E-state index is 11.9. The van der Waals surface area contributed by atoms with Crippen LogP contribution in [0.15, 0.2) is 18.2 Å². The summed E-state index contributed by atoms with van der Waals surface area (Å²) in [6, 6.07) is 5.12. The van der Waals surface area contributed by atoms with Crippen molar-refractivity contribution in [2.75, 3.05) is 13.6 Å². The Kier molecular flexibility index (Phi) is 4.35. The Morgan fingerprint density at radius 1 is 1.44 bits per heavy atom. The van der Waals surface area contributed by atoms with Crippen LogP contribution >= 0.6 is 0 Å². The predicted octanol–water partition coefficient (Wildman–Crippen LogP) is 2.57. The highest BCUT2D eigenvalue weighted by atomic mass is 16.3. The SMILES string of the molecule is CCCCN(C)C(=O)c1ccc(C)cc1O. The fourth-order valence-corrected chi connectivity index (χ4v) is 1.52. The number of carbonyl (C=O) groups excluding carboxylic acids is 1. The number of aromatic hydroxyl groups is 1. The lowest BCUT2D eigenvalue weighted by atomic mass is 10.1. The first-order valence-corrected chi connectivity index (χ1v) is 5.61. The summed E-state index contributed by atoms with van der Waals surface area (Å²) in [7, 11) is 1.76. The Hall–Kier alpha value is -1.51. The van der Waals surface area contributed by atoms with E-state index in [1.54, 1.807) is 24.1 Å². The Labute approximate surface area is 96.7 Å². The first kappa shape index (κ1) is 12.6. The highest BCUT2D eigenvalue weighted by Crippen LogP contribution is 2.19. The van der Waals surface area contributed by atoms with Gasteiger partial charge in [-0.3, -0.25) is 4.79 Å². The number of rotatable bonds is 4. The molecule has 0 bridgehead atoms. The molecule has 1 rings (SSSR count). The number of phenols is 1. The zero-order valence-electron chi connectivity index (χ0n) is 10.2. The van der Waals surface area contributed by atoms with E-state index < -0.39 is 0 Å². The molecule has 88 valence electrons. The van der Waals surface area contributed by atoms with Gasteiger partial charge in [-0.05, 0) is 31.0 Å². The van der Waals surface area contributed by atoms with Crippen molar-refractivity contribution in [3.63, 3.8) is 0 Å². The first-order chi connectivity index (χ1) is 7.56. The summed E-state index contributed by atoms with van der Waals surface area (Å²) in [5, 5.41) is 9.69. The maximum atomic E-state index is 11.9. The summed E-state index contributed by atoms with van der Waals surface area (Å²) in [4.78, 5) is 13.6. The van der Waals surface area contributed by atoms with E-state index in [0.29, 0.717) is 5.56 Å². The molecule has 0 atom stereocenters. The number of phenolic OH excluding ortho intramolecular Hbond substituents is 1. The molecule has 0 saturated heterocycles. The Balaban J connectivity index is 2.79. The zero-order chi connectivity index (χ0) is 12.1. The molecule has 0 aliphatic heterocycles. The average molecular weight is 221 g/mol. The number of aryl methyl sites for hydroxylation is 1. The summed E-state index contributed by atoms with van der Waals surface area (Å²) in [6.07, 6.45) is 2.03. The van der Waals surface area contributed by atoms with Gasteiger partial charge >= 0.3 is 0 Å². The molecular weight excluding hydrogens is 202 g/mol. The van der Waals surface area contributed by atoms with E-state index >= 15 is 0 Å². The van der Waals surface area contributed by atoms with Crippen molar-refractivity contribution in [1.29, 1.82) is 0 Å². The smallest absolute Gasteiger partial charge is 0.257 e. The Morgan fingerprint density at radius 2 is 2.12 bits per heavy atom. The van der Waals surface area contributed by atoms with Gasteiger partial charge in [0, 0.05) is 13.6 Å². The van der Waals surface area contributed by atoms with Gasteiger partial charge in [-0.2, -0.15) is 0 Å². The zero-order valence-corrected chi connectivity index (χ0v) is 10.2. The lowest BCUT2D eigenvalue weighted by molar-refractivity contribution is 0.0790. The second-order valence-corrected chi connectivity index (χ2v) is 4.10. The van der Waals surface area contributed by atoms with Gasteiger partial charge in [-0.1, -0.05) is 19.4 Å². The minimum absolute atomic E-state index is 0.0633. The van der Waals surface area contributed by atoms with E-state index in [4.69, 9.17) is 0 Å². The van der Waals surface area contributed by atoms with Crippen LogP contribution in [0, 0.1) is 6.92 Å². The number of amides is 1. The third-order valence-corrected chi connectivity index (χ3v) is 2.58. The summed E-state index contributed by atoms with van der Waals surface area (Å²) in [5.41, 5.74) is 1.33.